The van der Waals surface area contributed by atoms with E-state index >= 15 is 0 Å². The summed E-state index contributed by atoms with van der Waals surface area (Å²) in [7, 11) is 2.49. The van der Waals surface area contributed by atoms with Crippen molar-refractivity contribution in [1.29, 1.82) is 0 Å². The fraction of sp³-hybridized carbons (Fsp3) is 0.562. The van der Waals surface area contributed by atoms with Crippen molar-refractivity contribution in [3.8, 4) is 5.75 Å². The third-order valence-electron chi connectivity index (χ3n) is 4.27. The summed E-state index contributed by atoms with van der Waals surface area (Å²) in [5, 5.41) is 3.29. The Balaban J connectivity index is 2.55. The standard InChI is InChI=1S/C16H24ClN3O4S/c1-18-12-6-5-7-20(10-12)25(22,23)14-9-11(17)8-13(15(14)24-4)16(21)19(2)3/h8-9,12,18H,5-7,10H2,1-4H3. The molecule has 1 aliphatic rings. The topological polar surface area (TPSA) is 79.0 Å². The first-order valence-corrected chi connectivity index (χ1v) is 9.80. The van der Waals surface area contributed by atoms with Crippen LogP contribution in [0.25, 0.3) is 0 Å². The van der Waals surface area contributed by atoms with Gasteiger partial charge < -0.3 is 15.0 Å². The lowest BCUT2D eigenvalue weighted by atomic mass is 10.1. The van der Waals surface area contributed by atoms with E-state index in [1.165, 1.54) is 28.4 Å². The minimum absolute atomic E-state index is 0.0229. The highest BCUT2D eigenvalue weighted by molar-refractivity contribution is 7.89. The Morgan fingerprint density at radius 2 is 2.08 bits per heavy atom. The van der Waals surface area contributed by atoms with Gasteiger partial charge in [0.25, 0.3) is 5.91 Å². The summed E-state index contributed by atoms with van der Waals surface area (Å²) in [4.78, 5) is 13.7. The summed E-state index contributed by atoms with van der Waals surface area (Å²) in [5.41, 5.74) is 0.126. The normalized spacial score (nSPS) is 18.8. The van der Waals surface area contributed by atoms with Gasteiger partial charge in [-0.2, -0.15) is 4.31 Å². The van der Waals surface area contributed by atoms with Gasteiger partial charge in [0.1, 0.15) is 4.90 Å². The van der Waals surface area contributed by atoms with Gasteiger partial charge in [-0.25, -0.2) is 8.42 Å². The molecule has 9 heteroatoms. The molecule has 2 rings (SSSR count). The number of carbonyl (C=O) groups is 1. The summed E-state index contributed by atoms with van der Waals surface area (Å²) >= 11 is 6.11. The lowest BCUT2D eigenvalue weighted by Crippen LogP contribution is -2.46. The number of carbonyl (C=O) groups excluding carboxylic acids is 1. The molecule has 1 aromatic rings. The average molecular weight is 390 g/mol. The molecular weight excluding hydrogens is 366 g/mol. The van der Waals surface area contributed by atoms with Crippen molar-refractivity contribution < 1.29 is 17.9 Å². The highest BCUT2D eigenvalue weighted by atomic mass is 35.5. The van der Waals surface area contributed by atoms with E-state index in [9.17, 15) is 13.2 Å². The van der Waals surface area contributed by atoms with Crippen LogP contribution in [0.15, 0.2) is 17.0 Å². The number of hydrogen-bond donors (Lipinski definition) is 1. The van der Waals surface area contributed by atoms with Gasteiger partial charge >= 0.3 is 0 Å². The zero-order valence-electron chi connectivity index (χ0n) is 14.9. The van der Waals surface area contributed by atoms with E-state index in [0.717, 1.165) is 12.8 Å². The van der Waals surface area contributed by atoms with E-state index < -0.39 is 10.0 Å². The predicted octanol–water partition coefficient (Wildman–Crippen LogP) is 1.42. The molecule has 1 aromatic carbocycles. The Kier molecular flexibility index (Phi) is 6.31. The van der Waals surface area contributed by atoms with Crippen LogP contribution in [0.4, 0.5) is 0 Å². The van der Waals surface area contributed by atoms with Crippen LogP contribution >= 0.6 is 11.6 Å². The van der Waals surface area contributed by atoms with E-state index in [-0.39, 0.29) is 33.2 Å². The molecule has 0 aliphatic carbocycles. The van der Waals surface area contributed by atoms with Gasteiger partial charge in [0, 0.05) is 38.2 Å². The Hall–Kier alpha value is -1.35. The largest absolute Gasteiger partial charge is 0.494 e. The number of ether oxygens (including phenoxy) is 1. The van der Waals surface area contributed by atoms with Crippen LogP contribution in [0.5, 0.6) is 5.75 Å². The highest BCUT2D eigenvalue weighted by Crippen LogP contribution is 2.35. The van der Waals surface area contributed by atoms with Gasteiger partial charge in [-0.05, 0) is 32.0 Å². The molecule has 1 atom stereocenters. The summed E-state index contributed by atoms with van der Waals surface area (Å²) in [5.74, 6) is -0.350. The van der Waals surface area contributed by atoms with Crippen molar-refractivity contribution in [1.82, 2.24) is 14.5 Å². The lowest BCUT2D eigenvalue weighted by Gasteiger charge is -2.32. The first-order chi connectivity index (χ1) is 11.7. The van der Waals surface area contributed by atoms with E-state index in [4.69, 9.17) is 16.3 Å². The number of rotatable bonds is 5. The van der Waals surface area contributed by atoms with Crippen molar-refractivity contribution in [3.63, 3.8) is 0 Å². The van der Waals surface area contributed by atoms with Gasteiger partial charge in [-0.1, -0.05) is 11.6 Å². The second-order valence-corrected chi connectivity index (χ2v) is 8.52. The Labute approximate surface area is 153 Å². The molecule has 7 nitrogen and oxygen atoms in total. The van der Waals surface area contributed by atoms with Crippen LogP contribution in [-0.2, 0) is 10.0 Å². The van der Waals surface area contributed by atoms with Gasteiger partial charge in [-0.15, -0.1) is 0 Å². The number of piperidine rings is 1. The van der Waals surface area contributed by atoms with Crippen molar-refractivity contribution in [2.45, 2.75) is 23.8 Å². The van der Waals surface area contributed by atoms with Crippen LogP contribution in [0.2, 0.25) is 5.02 Å². The maximum absolute atomic E-state index is 13.2. The van der Waals surface area contributed by atoms with Crippen LogP contribution in [0.1, 0.15) is 23.2 Å². The molecule has 25 heavy (non-hydrogen) atoms. The lowest BCUT2D eigenvalue weighted by molar-refractivity contribution is 0.0823. The minimum Gasteiger partial charge on any atom is -0.494 e. The molecule has 0 saturated carbocycles. The molecule has 0 spiro atoms. The third kappa shape index (κ3) is 4.08. The predicted molar refractivity (Wildman–Crippen MR) is 96.9 cm³/mol. The Bertz CT molecular complexity index is 752. The Morgan fingerprint density at radius 3 is 2.64 bits per heavy atom. The number of amides is 1. The zero-order chi connectivity index (χ0) is 18.8. The molecule has 1 saturated heterocycles. The van der Waals surface area contributed by atoms with Crippen molar-refractivity contribution >= 4 is 27.5 Å². The van der Waals surface area contributed by atoms with Crippen molar-refractivity contribution in [2.75, 3.05) is 41.3 Å². The maximum atomic E-state index is 13.2. The molecule has 1 N–H and O–H groups in total. The molecule has 1 unspecified atom stereocenters. The molecule has 1 aliphatic heterocycles. The monoisotopic (exact) mass is 389 g/mol. The number of halogens is 1. The molecule has 0 radical (unpaired) electrons. The number of hydrogen-bond acceptors (Lipinski definition) is 5. The fourth-order valence-electron chi connectivity index (χ4n) is 2.91. The molecule has 140 valence electrons. The second-order valence-electron chi connectivity index (χ2n) is 6.18. The molecule has 0 aromatic heterocycles. The van der Waals surface area contributed by atoms with E-state index in [1.807, 2.05) is 7.05 Å². The first kappa shape index (κ1) is 20.0. The van der Waals surface area contributed by atoms with Crippen LogP contribution in [0, 0.1) is 0 Å². The van der Waals surface area contributed by atoms with Gasteiger partial charge in [0.2, 0.25) is 10.0 Å². The van der Waals surface area contributed by atoms with Crippen LogP contribution in [-0.4, -0.2) is 70.9 Å². The number of nitrogens with one attached hydrogen (secondary N) is 1. The minimum atomic E-state index is -3.84. The van der Waals surface area contributed by atoms with E-state index in [0.29, 0.717) is 13.1 Å². The summed E-state index contributed by atoms with van der Waals surface area (Å²) in [6.45, 7) is 0.790. The number of sulfonamides is 1. The maximum Gasteiger partial charge on any atom is 0.257 e. The van der Waals surface area contributed by atoms with Crippen molar-refractivity contribution in [2.24, 2.45) is 0 Å². The van der Waals surface area contributed by atoms with E-state index in [2.05, 4.69) is 5.32 Å². The molecular formula is C16H24ClN3O4S. The van der Waals surface area contributed by atoms with Gasteiger partial charge in [0.05, 0.1) is 12.7 Å². The summed E-state index contributed by atoms with van der Waals surface area (Å²) < 4.78 is 33.0. The zero-order valence-corrected chi connectivity index (χ0v) is 16.4. The molecule has 1 amide bonds. The van der Waals surface area contributed by atoms with E-state index in [1.54, 1.807) is 14.1 Å². The molecule has 1 fully saturated rings. The number of nitrogens with zero attached hydrogens (tertiary/aromatic N) is 2. The Morgan fingerprint density at radius 1 is 1.40 bits per heavy atom. The third-order valence-corrected chi connectivity index (χ3v) is 6.36. The number of methoxy groups -OCH3 is 1. The SMILES string of the molecule is CNC1CCCN(S(=O)(=O)c2cc(Cl)cc(C(=O)N(C)C)c2OC)C1. The van der Waals surface area contributed by atoms with Gasteiger partial charge in [-0.3, -0.25) is 4.79 Å². The first-order valence-electron chi connectivity index (χ1n) is 7.99. The second kappa shape index (κ2) is 7.90. The quantitative estimate of drug-likeness (QED) is 0.824. The van der Waals surface area contributed by atoms with Crippen LogP contribution in [0.3, 0.4) is 0 Å². The molecule has 0 bridgehead atoms. The number of likely N-dealkylation sites (N-methyl/N-ethyl adjacent to an activating group) is 1. The molecule has 1 heterocycles. The van der Waals surface area contributed by atoms with Crippen molar-refractivity contribution in [3.05, 3.63) is 22.7 Å². The summed E-state index contributed by atoms with van der Waals surface area (Å²) in [6.07, 6.45) is 1.68. The van der Waals surface area contributed by atoms with Crippen LogP contribution < -0.4 is 10.1 Å². The summed E-state index contributed by atoms with van der Waals surface area (Å²) in [6, 6.07) is 2.86. The van der Waals surface area contributed by atoms with Gasteiger partial charge in [0.15, 0.2) is 5.75 Å². The smallest absolute Gasteiger partial charge is 0.257 e. The average Bonchev–Trinajstić information content (AvgIpc) is 2.60. The number of benzene rings is 1. The highest BCUT2D eigenvalue weighted by Gasteiger charge is 2.34. The fourth-order valence-corrected chi connectivity index (χ4v) is 4.92.